The molecular weight excluding hydrogens is 270 g/mol. The van der Waals surface area contributed by atoms with Crippen molar-refractivity contribution in [2.45, 2.75) is 40.3 Å². The molecule has 0 aliphatic rings. The van der Waals surface area contributed by atoms with Gasteiger partial charge in [-0.2, -0.15) is 0 Å². The topological polar surface area (TPSA) is 68.5 Å². The molecule has 21 heavy (non-hydrogen) atoms. The number of hydrogen-bond donors (Lipinski definition) is 1. The fourth-order valence-electron chi connectivity index (χ4n) is 2.55. The predicted octanol–water partition coefficient (Wildman–Crippen LogP) is 2.82. The summed E-state index contributed by atoms with van der Waals surface area (Å²) in [5.41, 5.74) is 0.557. The standard InChI is InChI=1S/C16H19NO4/c1-5-17-10(4)14(16(19)20)15(18)12-8-11(21-9(2)3)6-7-13(12)17/h6-9H,5H2,1-4H3,(H,19,20). The Morgan fingerprint density at radius 3 is 2.57 bits per heavy atom. The smallest absolute Gasteiger partial charge is 0.341 e. The van der Waals surface area contributed by atoms with Crippen LogP contribution in [0, 0.1) is 6.92 Å². The molecule has 0 unspecified atom stereocenters. The van der Waals surface area contributed by atoms with Gasteiger partial charge in [0.2, 0.25) is 5.43 Å². The van der Waals surface area contributed by atoms with E-state index in [9.17, 15) is 14.7 Å². The summed E-state index contributed by atoms with van der Waals surface area (Å²) in [5.74, 6) is -0.630. The van der Waals surface area contributed by atoms with E-state index in [2.05, 4.69) is 0 Å². The summed E-state index contributed by atoms with van der Waals surface area (Å²) in [5, 5.41) is 9.67. The lowest BCUT2D eigenvalue weighted by Gasteiger charge is -2.16. The summed E-state index contributed by atoms with van der Waals surface area (Å²) in [4.78, 5) is 23.8. The van der Waals surface area contributed by atoms with E-state index in [1.54, 1.807) is 25.1 Å². The Morgan fingerprint density at radius 1 is 1.38 bits per heavy atom. The maximum Gasteiger partial charge on any atom is 0.341 e. The van der Waals surface area contributed by atoms with Crippen molar-refractivity contribution in [1.29, 1.82) is 0 Å². The van der Waals surface area contributed by atoms with Crippen molar-refractivity contribution in [2.24, 2.45) is 0 Å². The minimum atomic E-state index is -1.20. The van der Waals surface area contributed by atoms with Gasteiger partial charge in [0.15, 0.2) is 0 Å². The van der Waals surface area contributed by atoms with Crippen molar-refractivity contribution in [3.05, 3.63) is 39.7 Å². The summed E-state index contributed by atoms with van der Waals surface area (Å²) >= 11 is 0. The molecular formula is C16H19NO4. The van der Waals surface area contributed by atoms with Crippen LogP contribution >= 0.6 is 0 Å². The maximum atomic E-state index is 12.4. The fourth-order valence-corrected chi connectivity index (χ4v) is 2.55. The number of aromatic nitrogens is 1. The number of carboxylic acids is 1. The number of hydrogen-bond acceptors (Lipinski definition) is 3. The summed E-state index contributed by atoms with van der Waals surface area (Å²) < 4.78 is 7.42. The highest BCUT2D eigenvalue weighted by molar-refractivity contribution is 5.94. The third-order valence-corrected chi connectivity index (χ3v) is 3.40. The van der Waals surface area contributed by atoms with E-state index in [4.69, 9.17) is 4.74 Å². The first-order valence-electron chi connectivity index (χ1n) is 6.93. The number of carbonyl (C=O) groups is 1. The molecule has 1 heterocycles. The molecule has 2 aromatic rings. The third kappa shape index (κ3) is 2.63. The van der Waals surface area contributed by atoms with E-state index in [-0.39, 0.29) is 11.7 Å². The molecule has 0 radical (unpaired) electrons. The van der Waals surface area contributed by atoms with Crippen LogP contribution in [0.25, 0.3) is 10.9 Å². The lowest BCUT2D eigenvalue weighted by molar-refractivity contribution is 0.0694. The lowest BCUT2D eigenvalue weighted by atomic mass is 10.1. The number of fused-ring (bicyclic) bond motifs is 1. The van der Waals surface area contributed by atoms with E-state index in [0.29, 0.717) is 23.4 Å². The van der Waals surface area contributed by atoms with Crippen molar-refractivity contribution in [1.82, 2.24) is 4.57 Å². The van der Waals surface area contributed by atoms with Crippen LogP contribution in [0.15, 0.2) is 23.0 Å². The normalized spacial score (nSPS) is 11.1. The molecule has 1 N–H and O–H groups in total. The molecule has 5 heteroatoms. The van der Waals surface area contributed by atoms with Crippen molar-refractivity contribution in [3.8, 4) is 5.75 Å². The van der Waals surface area contributed by atoms with Crippen LogP contribution in [0.5, 0.6) is 5.75 Å². The van der Waals surface area contributed by atoms with Gasteiger partial charge in [-0.15, -0.1) is 0 Å². The number of benzene rings is 1. The van der Waals surface area contributed by atoms with Crippen LogP contribution in [0.4, 0.5) is 0 Å². The van der Waals surface area contributed by atoms with Gasteiger partial charge < -0.3 is 14.4 Å². The van der Waals surface area contributed by atoms with Gasteiger partial charge in [-0.25, -0.2) is 4.79 Å². The molecule has 0 atom stereocenters. The Kier molecular flexibility index (Phi) is 4.02. The highest BCUT2D eigenvalue weighted by atomic mass is 16.5. The number of aryl methyl sites for hydroxylation is 1. The number of nitrogens with zero attached hydrogens (tertiary/aromatic N) is 1. The van der Waals surface area contributed by atoms with Crippen LogP contribution in [0.3, 0.4) is 0 Å². The number of aromatic carboxylic acids is 1. The Balaban J connectivity index is 2.84. The monoisotopic (exact) mass is 289 g/mol. The molecule has 112 valence electrons. The number of ether oxygens (including phenoxy) is 1. The Morgan fingerprint density at radius 2 is 2.05 bits per heavy atom. The molecule has 0 saturated heterocycles. The Labute approximate surface area is 122 Å². The minimum Gasteiger partial charge on any atom is -0.491 e. The second-order valence-corrected chi connectivity index (χ2v) is 5.18. The molecule has 5 nitrogen and oxygen atoms in total. The van der Waals surface area contributed by atoms with Crippen LogP contribution in [-0.2, 0) is 6.54 Å². The first-order valence-corrected chi connectivity index (χ1v) is 6.93. The van der Waals surface area contributed by atoms with Crippen molar-refractivity contribution < 1.29 is 14.6 Å². The van der Waals surface area contributed by atoms with Crippen LogP contribution < -0.4 is 10.2 Å². The zero-order valence-corrected chi connectivity index (χ0v) is 12.6. The lowest BCUT2D eigenvalue weighted by Crippen LogP contribution is -2.22. The summed E-state index contributed by atoms with van der Waals surface area (Å²) in [6.07, 6.45) is -0.0137. The average molecular weight is 289 g/mol. The highest BCUT2D eigenvalue weighted by Gasteiger charge is 2.19. The SMILES string of the molecule is CCn1c(C)c(C(=O)O)c(=O)c2cc(OC(C)C)ccc21. The Bertz CT molecular complexity index is 759. The molecule has 0 saturated carbocycles. The quantitative estimate of drug-likeness (QED) is 0.939. The van der Waals surface area contributed by atoms with E-state index >= 15 is 0 Å². The largest absolute Gasteiger partial charge is 0.491 e. The Hall–Kier alpha value is -2.30. The fraction of sp³-hybridized carbons (Fsp3) is 0.375. The number of carboxylic acid groups (broad SMARTS) is 1. The van der Waals surface area contributed by atoms with E-state index in [1.807, 2.05) is 25.3 Å². The summed E-state index contributed by atoms with van der Waals surface area (Å²) in [7, 11) is 0. The van der Waals surface area contributed by atoms with Crippen LogP contribution in [0.2, 0.25) is 0 Å². The van der Waals surface area contributed by atoms with E-state index in [0.717, 1.165) is 5.52 Å². The molecule has 0 bridgehead atoms. The zero-order valence-electron chi connectivity index (χ0n) is 12.6. The van der Waals surface area contributed by atoms with Crippen molar-refractivity contribution in [3.63, 3.8) is 0 Å². The molecule has 0 aliphatic carbocycles. The third-order valence-electron chi connectivity index (χ3n) is 3.40. The molecule has 0 aliphatic heterocycles. The molecule has 1 aromatic carbocycles. The van der Waals surface area contributed by atoms with Gasteiger partial charge in [-0.3, -0.25) is 4.79 Å². The molecule has 0 spiro atoms. The molecule has 2 rings (SSSR count). The van der Waals surface area contributed by atoms with Crippen LogP contribution in [-0.4, -0.2) is 21.7 Å². The van der Waals surface area contributed by atoms with Gasteiger partial charge in [0, 0.05) is 12.2 Å². The molecule has 0 amide bonds. The van der Waals surface area contributed by atoms with E-state index < -0.39 is 11.4 Å². The van der Waals surface area contributed by atoms with Gasteiger partial charge in [0.05, 0.1) is 17.0 Å². The first-order chi connectivity index (χ1) is 9.86. The van der Waals surface area contributed by atoms with Crippen molar-refractivity contribution >= 4 is 16.9 Å². The predicted molar refractivity (Wildman–Crippen MR) is 81.3 cm³/mol. The number of pyridine rings is 1. The van der Waals surface area contributed by atoms with Gasteiger partial charge >= 0.3 is 5.97 Å². The second kappa shape index (κ2) is 5.60. The van der Waals surface area contributed by atoms with Crippen molar-refractivity contribution in [2.75, 3.05) is 0 Å². The number of rotatable bonds is 4. The van der Waals surface area contributed by atoms with E-state index in [1.165, 1.54) is 0 Å². The minimum absolute atomic E-state index is 0.0137. The van der Waals surface area contributed by atoms with Crippen LogP contribution in [0.1, 0.15) is 36.8 Å². The molecule has 0 fully saturated rings. The zero-order chi connectivity index (χ0) is 15.7. The first kappa shape index (κ1) is 15.1. The second-order valence-electron chi connectivity index (χ2n) is 5.18. The highest BCUT2D eigenvalue weighted by Crippen LogP contribution is 2.22. The van der Waals surface area contributed by atoms with Gasteiger partial charge in [-0.1, -0.05) is 0 Å². The van der Waals surface area contributed by atoms with Gasteiger partial charge in [0.1, 0.15) is 11.3 Å². The van der Waals surface area contributed by atoms with Gasteiger partial charge in [-0.05, 0) is 45.9 Å². The average Bonchev–Trinajstić information content (AvgIpc) is 2.39. The molecule has 1 aromatic heterocycles. The summed E-state index contributed by atoms with van der Waals surface area (Å²) in [6.45, 7) is 7.96. The summed E-state index contributed by atoms with van der Waals surface area (Å²) in [6, 6.07) is 5.22. The maximum absolute atomic E-state index is 12.4. The van der Waals surface area contributed by atoms with Gasteiger partial charge in [0.25, 0.3) is 0 Å².